The summed E-state index contributed by atoms with van der Waals surface area (Å²) in [5, 5.41) is 13.0. The third kappa shape index (κ3) is 5.66. The molecule has 2 rings (SSSR count). The summed E-state index contributed by atoms with van der Waals surface area (Å²) in [6.45, 7) is 0.780. The maximum atomic E-state index is 13.3. The van der Waals surface area contributed by atoms with Gasteiger partial charge in [0.05, 0.1) is 12.0 Å². The Balaban J connectivity index is 1.84. The number of rotatable bonds is 8. The van der Waals surface area contributed by atoms with Crippen LogP contribution in [0.1, 0.15) is 5.56 Å². The first-order valence-corrected chi connectivity index (χ1v) is 7.97. The molecule has 10 heteroatoms. The zero-order valence-electron chi connectivity index (χ0n) is 15.1. The van der Waals surface area contributed by atoms with Gasteiger partial charge in [0.2, 0.25) is 5.82 Å². The number of halogens is 1. The number of hydrogen-bond donors (Lipinski definition) is 1. The number of anilines is 1. The van der Waals surface area contributed by atoms with Crippen molar-refractivity contribution in [2.24, 2.45) is 0 Å². The molecular weight excluding hydrogens is 375 g/mol. The zero-order chi connectivity index (χ0) is 20.7. The van der Waals surface area contributed by atoms with Crippen LogP contribution in [0.5, 0.6) is 11.5 Å². The van der Waals surface area contributed by atoms with Crippen LogP contribution in [0.3, 0.4) is 0 Å². The first-order valence-electron chi connectivity index (χ1n) is 7.97. The molecule has 0 aliphatic heterocycles. The number of esters is 1. The van der Waals surface area contributed by atoms with Crippen molar-refractivity contribution in [3.8, 4) is 11.5 Å². The Kier molecular flexibility index (Phi) is 6.85. The lowest BCUT2D eigenvalue weighted by atomic mass is 10.2. The summed E-state index contributed by atoms with van der Waals surface area (Å²) in [6, 6.07) is 8.00. The molecule has 0 heterocycles. The van der Waals surface area contributed by atoms with E-state index >= 15 is 0 Å². The van der Waals surface area contributed by atoms with Crippen molar-refractivity contribution in [1.82, 2.24) is 0 Å². The number of benzene rings is 2. The van der Waals surface area contributed by atoms with E-state index in [1.54, 1.807) is 18.2 Å². The van der Waals surface area contributed by atoms with Crippen LogP contribution in [-0.4, -0.2) is 37.1 Å². The van der Waals surface area contributed by atoms with E-state index in [1.165, 1.54) is 7.11 Å². The molecule has 1 amide bonds. The van der Waals surface area contributed by atoms with E-state index in [0.717, 1.165) is 23.8 Å². The molecule has 0 aliphatic carbocycles. The van der Waals surface area contributed by atoms with E-state index in [9.17, 15) is 24.1 Å². The monoisotopic (exact) mass is 392 g/mol. The molecule has 0 aliphatic rings. The highest BCUT2D eigenvalue weighted by Gasteiger charge is 2.16. The highest BCUT2D eigenvalue weighted by atomic mass is 19.1. The van der Waals surface area contributed by atoms with Gasteiger partial charge in [0, 0.05) is 11.8 Å². The molecule has 9 nitrogen and oxygen atoms in total. The number of nitro benzene ring substituents is 1. The lowest BCUT2D eigenvalue weighted by molar-refractivity contribution is -0.387. The number of ether oxygens (including phenoxy) is 3. The van der Waals surface area contributed by atoms with Gasteiger partial charge in [-0.25, -0.2) is 4.79 Å². The van der Waals surface area contributed by atoms with Gasteiger partial charge in [0.1, 0.15) is 0 Å². The smallest absolute Gasteiger partial charge is 0.344 e. The molecule has 0 bridgehead atoms. The van der Waals surface area contributed by atoms with Gasteiger partial charge >= 0.3 is 11.7 Å². The lowest BCUT2D eigenvalue weighted by Gasteiger charge is -2.11. The molecule has 1 N–H and O–H groups in total. The van der Waals surface area contributed by atoms with Crippen molar-refractivity contribution in [1.29, 1.82) is 0 Å². The SMILES string of the molecule is COc1cc(C)ccc1OCC(=O)OCC(=O)Nc1ccc(F)c([N+](=O)[O-])c1. The third-order valence-electron chi connectivity index (χ3n) is 3.46. The topological polar surface area (TPSA) is 117 Å². The molecule has 0 atom stereocenters. The maximum absolute atomic E-state index is 13.3. The minimum absolute atomic E-state index is 0.00482. The van der Waals surface area contributed by atoms with Gasteiger partial charge in [-0.3, -0.25) is 14.9 Å². The third-order valence-corrected chi connectivity index (χ3v) is 3.46. The molecule has 0 saturated carbocycles. The van der Waals surface area contributed by atoms with Crippen molar-refractivity contribution in [2.75, 3.05) is 25.6 Å². The van der Waals surface area contributed by atoms with Gasteiger partial charge in [0.15, 0.2) is 24.7 Å². The average Bonchev–Trinajstić information content (AvgIpc) is 2.66. The Labute approximate surface area is 159 Å². The Morgan fingerprint density at radius 3 is 2.57 bits per heavy atom. The summed E-state index contributed by atoms with van der Waals surface area (Å²) >= 11 is 0. The number of nitrogens with one attached hydrogen (secondary N) is 1. The molecule has 0 fully saturated rings. The van der Waals surface area contributed by atoms with Crippen molar-refractivity contribution < 1.29 is 33.1 Å². The second-order valence-electron chi connectivity index (χ2n) is 5.58. The zero-order valence-corrected chi connectivity index (χ0v) is 15.1. The molecular formula is C18H17FN2O7. The number of nitro groups is 1. The van der Waals surface area contributed by atoms with E-state index < -0.39 is 41.5 Å². The highest BCUT2D eigenvalue weighted by Crippen LogP contribution is 2.27. The standard InChI is InChI=1S/C18H17FN2O7/c1-11-3-6-15(16(7-11)26-2)27-10-18(23)28-9-17(22)20-12-4-5-13(19)14(8-12)21(24)25/h3-8H,9-10H2,1-2H3,(H,20,22). The summed E-state index contributed by atoms with van der Waals surface area (Å²) in [7, 11) is 1.46. The van der Waals surface area contributed by atoms with Gasteiger partial charge < -0.3 is 19.5 Å². The number of nitrogens with zero attached hydrogens (tertiary/aromatic N) is 1. The van der Waals surface area contributed by atoms with Crippen LogP contribution in [0, 0.1) is 22.9 Å². The second-order valence-corrected chi connectivity index (χ2v) is 5.58. The van der Waals surface area contributed by atoms with Crippen molar-refractivity contribution >= 4 is 23.3 Å². The number of methoxy groups -OCH3 is 1. The predicted octanol–water partition coefficient (Wildman–Crippen LogP) is 2.61. The Bertz CT molecular complexity index is 901. The minimum atomic E-state index is -1.03. The van der Waals surface area contributed by atoms with Crippen molar-refractivity contribution in [2.45, 2.75) is 6.92 Å². The molecule has 2 aromatic rings. The van der Waals surface area contributed by atoms with Gasteiger partial charge in [-0.2, -0.15) is 4.39 Å². The van der Waals surface area contributed by atoms with Gasteiger partial charge in [-0.05, 0) is 36.8 Å². The van der Waals surface area contributed by atoms with Crippen molar-refractivity contribution in [3.05, 3.63) is 57.9 Å². The van der Waals surface area contributed by atoms with Crippen LogP contribution in [0.4, 0.5) is 15.8 Å². The molecule has 0 aromatic heterocycles. The van der Waals surface area contributed by atoms with E-state index in [-0.39, 0.29) is 5.69 Å². The fraction of sp³-hybridized carbons (Fsp3) is 0.222. The van der Waals surface area contributed by atoms with E-state index in [2.05, 4.69) is 5.32 Å². The first-order chi connectivity index (χ1) is 13.3. The second kappa shape index (κ2) is 9.31. The largest absolute Gasteiger partial charge is 0.493 e. The summed E-state index contributed by atoms with van der Waals surface area (Å²) in [4.78, 5) is 33.3. The normalized spacial score (nSPS) is 10.1. The predicted molar refractivity (Wildman–Crippen MR) is 95.9 cm³/mol. The van der Waals surface area contributed by atoms with Crippen LogP contribution in [0.2, 0.25) is 0 Å². The molecule has 0 spiro atoms. The average molecular weight is 392 g/mol. The first kappa shape index (κ1) is 20.6. The van der Waals surface area contributed by atoms with E-state index in [1.807, 2.05) is 6.92 Å². The van der Waals surface area contributed by atoms with Crippen LogP contribution < -0.4 is 14.8 Å². The number of carbonyl (C=O) groups excluding carboxylic acids is 2. The van der Waals surface area contributed by atoms with E-state index in [4.69, 9.17) is 14.2 Å². The summed E-state index contributed by atoms with van der Waals surface area (Å²) in [5.74, 6) is -1.79. The number of hydrogen-bond acceptors (Lipinski definition) is 7. The quantitative estimate of drug-likeness (QED) is 0.417. The van der Waals surface area contributed by atoms with Crippen LogP contribution in [0.25, 0.3) is 0 Å². The fourth-order valence-corrected chi connectivity index (χ4v) is 2.15. The van der Waals surface area contributed by atoms with Crippen LogP contribution in [-0.2, 0) is 14.3 Å². The van der Waals surface area contributed by atoms with Crippen LogP contribution >= 0.6 is 0 Å². The number of carbonyl (C=O) groups is 2. The van der Waals surface area contributed by atoms with Crippen LogP contribution in [0.15, 0.2) is 36.4 Å². The molecule has 28 heavy (non-hydrogen) atoms. The summed E-state index contributed by atoms with van der Waals surface area (Å²) in [6.07, 6.45) is 0. The molecule has 0 saturated heterocycles. The highest BCUT2D eigenvalue weighted by molar-refractivity contribution is 5.93. The summed E-state index contributed by atoms with van der Waals surface area (Å²) in [5.41, 5.74) is 0.162. The van der Waals surface area contributed by atoms with Gasteiger partial charge in [-0.1, -0.05) is 6.07 Å². The Hall–Kier alpha value is -3.69. The Morgan fingerprint density at radius 1 is 1.14 bits per heavy atom. The maximum Gasteiger partial charge on any atom is 0.344 e. The Morgan fingerprint density at radius 2 is 1.89 bits per heavy atom. The molecule has 0 unspecified atom stereocenters. The van der Waals surface area contributed by atoms with Gasteiger partial charge in [0.25, 0.3) is 5.91 Å². The summed E-state index contributed by atoms with van der Waals surface area (Å²) < 4.78 is 28.5. The fourth-order valence-electron chi connectivity index (χ4n) is 2.15. The van der Waals surface area contributed by atoms with Crippen molar-refractivity contribution in [3.63, 3.8) is 0 Å². The van der Waals surface area contributed by atoms with E-state index in [0.29, 0.717) is 11.5 Å². The molecule has 0 radical (unpaired) electrons. The number of aryl methyl sites for hydroxylation is 1. The lowest BCUT2D eigenvalue weighted by Crippen LogP contribution is -2.23. The van der Waals surface area contributed by atoms with Gasteiger partial charge in [-0.15, -0.1) is 0 Å². The minimum Gasteiger partial charge on any atom is -0.493 e. The number of amides is 1. The molecule has 148 valence electrons. The molecule has 2 aromatic carbocycles.